The Morgan fingerprint density at radius 3 is 2.97 bits per heavy atom. The quantitative estimate of drug-likeness (QED) is 0.114. The number of nitrogens with zero attached hydrogens (tertiary/aromatic N) is 4. The van der Waals surface area contributed by atoms with Gasteiger partial charge in [-0.1, -0.05) is 12.0 Å². The molecule has 2 aliphatic heterocycles. The molecule has 0 fully saturated rings. The summed E-state index contributed by atoms with van der Waals surface area (Å²) < 4.78 is 0.417. The van der Waals surface area contributed by atoms with Crippen LogP contribution in [0.1, 0.15) is 17.3 Å². The van der Waals surface area contributed by atoms with Crippen LogP contribution in [0.4, 0.5) is 17.2 Å². The fraction of sp³-hybridized carbons (Fsp3) is 0.240. The van der Waals surface area contributed by atoms with Crippen molar-refractivity contribution in [1.29, 1.82) is 0 Å². The van der Waals surface area contributed by atoms with Gasteiger partial charge in [-0.25, -0.2) is 9.98 Å². The summed E-state index contributed by atoms with van der Waals surface area (Å²) in [5.41, 5.74) is 3.63. The minimum atomic E-state index is -0.431. The smallest absolute Gasteiger partial charge is 0.342 e. The van der Waals surface area contributed by atoms with E-state index in [0.717, 1.165) is 16.8 Å². The molecule has 37 heavy (non-hydrogen) atoms. The van der Waals surface area contributed by atoms with Gasteiger partial charge in [-0.2, -0.15) is 0 Å². The zero-order valence-corrected chi connectivity index (χ0v) is 20.5. The zero-order valence-electron chi connectivity index (χ0n) is 20.5. The van der Waals surface area contributed by atoms with Gasteiger partial charge < -0.3 is 35.9 Å². The average Bonchev–Trinajstić information content (AvgIpc) is 3.32. The van der Waals surface area contributed by atoms with Gasteiger partial charge in [0.15, 0.2) is 12.4 Å². The maximum Gasteiger partial charge on any atom is 0.342 e. The van der Waals surface area contributed by atoms with Crippen molar-refractivity contribution in [3.05, 3.63) is 81.4 Å². The number of likely N-dealkylation sites (N-methyl/N-ethyl adjacent to an activating group) is 1. The van der Waals surface area contributed by atoms with Gasteiger partial charge in [0.2, 0.25) is 5.91 Å². The molecule has 0 bridgehead atoms. The summed E-state index contributed by atoms with van der Waals surface area (Å²) in [5, 5.41) is 26.2. The highest BCUT2D eigenvalue weighted by molar-refractivity contribution is 5.98. The maximum atomic E-state index is 12.5. The number of carbonyl (C=O) groups is 1. The van der Waals surface area contributed by atoms with Crippen molar-refractivity contribution in [3.8, 4) is 12.3 Å². The van der Waals surface area contributed by atoms with E-state index in [-0.39, 0.29) is 17.9 Å². The summed E-state index contributed by atoms with van der Waals surface area (Å²) in [7, 11) is 3.86. The number of pyridine rings is 1. The van der Waals surface area contributed by atoms with Gasteiger partial charge >= 0.3 is 5.82 Å². The van der Waals surface area contributed by atoms with Crippen LogP contribution in [0.3, 0.4) is 0 Å². The second kappa shape index (κ2) is 10.8. The number of terminal acetylenes is 1. The molecule has 1 aromatic carbocycles. The van der Waals surface area contributed by atoms with Crippen molar-refractivity contribution in [2.75, 3.05) is 44.5 Å². The number of quaternary nitrogens is 1. The predicted molar refractivity (Wildman–Crippen MR) is 141 cm³/mol. The number of carbonyl (C=O) groups excluding carboxylic acids is 1. The molecule has 3 heterocycles. The van der Waals surface area contributed by atoms with Gasteiger partial charge in [0.25, 0.3) is 0 Å². The molecule has 1 atom stereocenters. The molecular formula is C25H28N9O3+. The lowest BCUT2D eigenvalue weighted by molar-refractivity contribution is -0.880. The second-order valence-corrected chi connectivity index (χ2v) is 9.14. The van der Waals surface area contributed by atoms with E-state index in [4.69, 9.17) is 6.42 Å². The lowest BCUT2D eigenvalue weighted by Gasteiger charge is -2.28. The van der Waals surface area contributed by atoms with Crippen LogP contribution in [-0.4, -0.2) is 60.5 Å². The van der Waals surface area contributed by atoms with E-state index < -0.39 is 4.92 Å². The Bertz CT molecular complexity index is 1340. The van der Waals surface area contributed by atoms with Crippen molar-refractivity contribution in [2.24, 2.45) is 4.99 Å². The molecule has 2 aliphatic rings. The van der Waals surface area contributed by atoms with Gasteiger partial charge in [-0.05, 0) is 35.3 Å². The number of hydrogen-bond donors (Lipinski definition) is 5. The predicted octanol–water partition coefficient (Wildman–Crippen LogP) is 1.60. The highest BCUT2D eigenvalue weighted by Gasteiger charge is 2.28. The van der Waals surface area contributed by atoms with Crippen molar-refractivity contribution in [3.63, 3.8) is 0 Å². The Hall–Kier alpha value is -4.89. The first kappa shape index (κ1) is 25.2. The van der Waals surface area contributed by atoms with Crippen molar-refractivity contribution in [1.82, 2.24) is 20.9 Å². The summed E-state index contributed by atoms with van der Waals surface area (Å²) >= 11 is 0. The molecule has 0 radical (unpaired) electrons. The molecule has 2 aromatic rings. The number of fused-ring (bicyclic) bond motifs is 1. The van der Waals surface area contributed by atoms with Crippen LogP contribution in [0.2, 0.25) is 0 Å². The Kier molecular flexibility index (Phi) is 7.36. The van der Waals surface area contributed by atoms with Crippen LogP contribution in [0, 0.1) is 22.5 Å². The molecule has 0 saturated carbocycles. The highest BCUT2D eigenvalue weighted by atomic mass is 16.6. The molecule has 0 aliphatic carbocycles. The lowest BCUT2D eigenvalue weighted by Crippen LogP contribution is -2.43. The number of aromatic nitrogens is 1. The minimum Gasteiger partial charge on any atom is -0.361 e. The molecule has 12 nitrogen and oxygen atoms in total. The number of aliphatic imine (C=N–C) groups is 1. The number of amides is 1. The summed E-state index contributed by atoms with van der Waals surface area (Å²) in [6.45, 7) is 1.22. The Morgan fingerprint density at radius 1 is 1.35 bits per heavy atom. The third kappa shape index (κ3) is 6.41. The number of anilines is 2. The van der Waals surface area contributed by atoms with Crippen LogP contribution in [0.15, 0.2) is 65.2 Å². The van der Waals surface area contributed by atoms with Crippen LogP contribution in [0.25, 0.3) is 0 Å². The highest BCUT2D eigenvalue weighted by Crippen LogP contribution is 2.30. The van der Waals surface area contributed by atoms with E-state index >= 15 is 0 Å². The van der Waals surface area contributed by atoms with Crippen molar-refractivity contribution >= 4 is 29.4 Å². The van der Waals surface area contributed by atoms with Gasteiger partial charge in [0.05, 0.1) is 38.9 Å². The standard InChI is InChI=1S/C25H27N9O3/c1-4-17-7-5-8-18(11-17)31-24-19-12-22(26-13-20(19)27-15-29-24)32-23(35)9-6-10-34(2,3)14-21-25(33(36)37)30-16-28-21/h1,5-9,11-13,15,24,28,30-31H,10,14,16H2,2-3H3,(H-,26,27,29,32,35)/p+1/b9-6+. The van der Waals surface area contributed by atoms with Gasteiger partial charge in [0.1, 0.15) is 18.5 Å². The fourth-order valence-corrected chi connectivity index (χ4v) is 3.96. The number of nitrogens with one attached hydrogen (secondary N) is 5. The molecule has 4 rings (SSSR count). The minimum absolute atomic E-state index is 0.0122. The first-order valence-electron chi connectivity index (χ1n) is 11.5. The molecular weight excluding hydrogens is 474 g/mol. The molecule has 190 valence electrons. The molecule has 1 amide bonds. The van der Waals surface area contributed by atoms with E-state index in [1.54, 1.807) is 24.7 Å². The molecule has 1 aromatic heterocycles. The largest absolute Gasteiger partial charge is 0.361 e. The molecule has 0 saturated heterocycles. The monoisotopic (exact) mass is 502 g/mol. The lowest BCUT2D eigenvalue weighted by atomic mass is 10.1. The van der Waals surface area contributed by atoms with Crippen LogP contribution in [0.5, 0.6) is 0 Å². The van der Waals surface area contributed by atoms with Gasteiger partial charge in [0, 0.05) is 22.9 Å². The van der Waals surface area contributed by atoms with Gasteiger partial charge in [-0.3, -0.25) is 10.1 Å². The van der Waals surface area contributed by atoms with Crippen molar-refractivity contribution < 1.29 is 14.2 Å². The normalized spacial score (nSPS) is 16.3. The SMILES string of the molecule is C#Cc1cccc(NC2NC=Nc3cnc(NC(=O)/C=C/C[N+](C)(C)CC4=C([N+](=O)[O-])NCN4)cc32)c1. The van der Waals surface area contributed by atoms with E-state index in [1.807, 2.05) is 38.4 Å². The number of rotatable bonds is 9. The first-order chi connectivity index (χ1) is 17.7. The van der Waals surface area contributed by atoms with E-state index in [2.05, 4.69) is 42.5 Å². The van der Waals surface area contributed by atoms with Crippen LogP contribution in [-0.2, 0) is 4.79 Å². The Morgan fingerprint density at radius 2 is 2.19 bits per heavy atom. The Labute approximate surface area is 214 Å². The first-order valence-corrected chi connectivity index (χ1v) is 11.5. The fourth-order valence-electron chi connectivity index (χ4n) is 3.96. The second-order valence-electron chi connectivity index (χ2n) is 9.14. The topological polar surface area (TPSA) is 146 Å². The summed E-state index contributed by atoms with van der Waals surface area (Å²) in [4.78, 5) is 31.9. The summed E-state index contributed by atoms with van der Waals surface area (Å²) in [5.74, 6) is 2.65. The molecule has 5 N–H and O–H groups in total. The zero-order chi connectivity index (χ0) is 26.4. The van der Waals surface area contributed by atoms with Crippen LogP contribution >= 0.6 is 0 Å². The van der Waals surface area contributed by atoms with Gasteiger partial charge in [-0.15, -0.1) is 6.42 Å². The number of nitro groups is 1. The molecule has 1 unspecified atom stereocenters. The van der Waals surface area contributed by atoms with E-state index in [0.29, 0.717) is 41.4 Å². The third-order valence-electron chi connectivity index (χ3n) is 5.74. The number of hydrogen-bond acceptors (Lipinski definition) is 9. The summed E-state index contributed by atoms with van der Waals surface area (Å²) in [6.07, 6.45) is 11.6. The maximum absolute atomic E-state index is 12.5. The van der Waals surface area contributed by atoms with E-state index in [9.17, 15) is 14.9 Å². The summed E-state index contributed by atoms with van der Waals surface area (Å²) in [6, 6.07) is 9.27. The average molecular weight is 503 g/mol. The number of benzene rings is 1. The molecule has 0 spiro atoms. The van der Waals surface area contributed by atoms with Crippen LogP contribution < -0.4 is 26.6 Å². The van der Waals surface area contributed by atoms with Crippen molar-refractivity contribution in [2.45, 2.75) is 6.17 Å². The third-order valence-corrected chi connectivity index (χ3v) is 5.74. The molecule has 12 heteroatoms. The van der Waals surface area contributed by atoms with E-state index in [1.165, 1.54) is 6.08 Å². The Balaban J connectivity index is 1.38.